The van der Waals surface area contributed by atoms with E-state index >= 15 is 0 Å². The average molecular weight is 301 g/mol. The first-order valence-corrected chi connectivity index (χ1v) is 6.17. The molecule has 0 amide bonds. The summed E-state index contributed by atoms with van der Waals surface area (Å²) in [6.45, 7) is 1.92. The first-order chi connectivity index (χ1) is 9.02. The average Bonchev–Trinajstić information content (AvgIpc) is 2.75. The van der Waals surface area contributed by atoms with Gasteiger partial charge >= 0.3 is 5.97 Å². The molecule has 0 atom stereocenters. The fourth-order valence-corrected chi connectivity index (χ4v) is 1.73. The van der Waals surface area contributed by atoms with Crippen LogP contribution in [-0.2, 0) is 4.74 Å². The summed E-state index contributed by atoms with van der Waals surface area (Å²) in [5.74, 6) is -0.547. The van der Waals surface area contributed by atoms with Crippen molar-refractivity contribution in [3.8, 4) is 11.5 Å². The summed E-state index contributed by atoms with van der Waals surface area (Å²) in [7, 11) is 0. The van der Waals surface area contributed by atoms with Crippen molar-refractivity contribution in [3.05, 3.63) is 33.9 Å². The number of nitrogens with zero attached hydrogens (tertiary/aromatic N) is 1. The van der Waals surface area contributed by atoms with Gasteiger partial charge in [-0.3, -0.25) is 0 Å². The molecular formula is C12H10Cl2N2O3. The van der Waals surface area contributed by atoms with Crippen LogP contribution in [0.1, 0.15) is 17.4 Å². The minimum absolute atomic E-state index is 0.0528. The van der Waals surface area contributed by atoms with E-state index in [2.05, 4.69) is 4.98 Å². The number of hydrogen-bond donors (Lipinski definition) is 1. The highest BCUT2D eigenvalue weighted by Gasteiger charge is 2.20. The topological polar surface area (TPSA) is 78.3 Å². The van der Waals surface area contributed by atoms with Gasteiger partial charge in [0.15, 0.2) is 0 Å². The van der Waals surface area contributed by atoms with Gasteiger partial charge in [-0.1, -0.05) is 23.2 Å². The molecule has 0 bridgehead atoms. The smallest absolute Gasteiger partial charge is 0.362 e. The number of nitrogen functional groups attached to an aromatic ring is 1. The zero-order chi connectivity index (χ0) is 14.0. The second kappa shape index (κ2) is 5.50. The number of carbonyl (C=O) groups excluding carboxylic acids is 1. The molecule has 0 saturated heterocycles. The van der Waals surface area contributed by atoms with E-state index in [1.54, 1.807) is 25.1 Å². The summed E-state index contributed by atoms with van der Waals surface area (Å²) < 4.78 is 10.0. The Kier molecular flexibility index (Phi) is 3.97. The Hall–Kier alpha value is -1.72. The van der Waals surface area contributed by atoms with Crippen molar-refractivity contribution in [2.24, 2.45) is 0 Å². The van der Waals surface area contributed by atoms with Crippen molar-refractivity contribution in [1.82, 2.24) is 4.98 Å². The Balaban J connectivity index is 2.38. The molecule has 0 saturated carbocycles. The maximum atomic E-state index is 11.6. The van der Waals surface area contributed by atoms with E-state index in [1.165, 1.54) is 0 Å². The van der Waals surface area contributed by atoms with Crippen molar-refractivity contribution in [1.29, 1.82) is 0 Å². The summed E-state index contributed by atoms with van der Waals surface area (Å²) in [5.41, 5.74) is 6.10. The molecular weight excluding hydrogens is 291 g/mol. The highest BCUT2D eigenvalue weighted by molar-refractivity contribution is 6.42. The van der Waals surface area contributed by atoms with Crippen LogP contribution in [0.2, 0.25) is 10.0 Å². The molecule has 1 heterocycles. The molecule has 0 radical (unpaired) electrons. The lowest BCUT2D eigenvalue weighted by atomic mass is 10.2. The lowest BCUT2D eigenvalue weighted by Crippen LogP contribution is -2.07. The molecule has 0 aliphatic rings. The number of halogens is 2. The molecule has 5 nitrogen and oxygen atoms in total. The van der Waals surface area contributed by atoms with Crippen molar-refractivity contribution in [2.75, 3.05) is 12.3 Å². The van der Waals surface area contributed by atoms with Gasteiger partial charge in [0.25, 0.3) is 0 Å². The van der Waals surface area contributed by atoms with Crippen LogP contribution in [-0.4, -0.2) is 17.6 Å². The van der Waals surface area contributed by atoms with E-state index in [1.807, 2.05) is 0 Å². The summed E-state index contributed by atoms with van der Waals surface area (Å²) in [5, 5.41) is 0.768. The zero-order valence-corrected chi connectivity index (χ0v) is 11.5. The van der Waals surface area contributed by atoms with Crippen LogP contribution in [0.15, 0.2) is 22.6 Å². The second-order valence-electron chi connectivity index (χ2n) is 3.58. The van der Waals surface area contributed by atoms with Crippen molar-refractivity contribution < 1.29 is 13.9 Å². The summed E-state index contributed by atoms with van der Waals surface area (Å²) in [4.78, 5) is 15.6. The Morgan fingerprint density at radius 1 is 1.42 bits per heavy atom. The van der Waals surface area contributed by atoms with Gasteiger partial charge in [-0.2, -0.15) is 4.98 Å². The molecule has 0 aliphatic heterocycles. The number of ether oxygens (including phenoxy) is 1. The van der Waals surface area contributed by atoms with Crippen LogP contribution in [0.4, 0.5) is 5.88 Å². The van der Waals surface area contributed by atoms with Gasteiger partial charge in [-0.05, 0) is 25.1 Å². The number of esters is 1. The lowest BCUT2D eigenvalue weighted by molar-refractivity contribution is 0.0521. The Labute approximate surface area is 119 Å². The monoisotopic (exact) mass is 300 g/mol. The molecule has 0 aliphatic carbocycles. The van der Waals surface area contributed by atoms with Crippen molar-refractivity contribution in [3.63, 3.8) is 0 Å². The van der Waals surface area contributed by atoms with E-state index in [4.69, 9.17) is 38.1 Å². The van der Waals surface area contributed by atoms with Crippen LogP contribution >= 0.6 is 23.2 Å². The van der Waals surface area contributed by atoms with Crippen LogP contribution in [0.3, 0.4) is 0 Å². The molecule has 1 aromatic carbocycles. The second-order valence-corrected chi connectivity index (χ2v) is 4.40. The molecule has 2 aromatic rings. The van der Waals surface area contributed by atoms with Crippen LogP contribution in [0.5, 0.6) is 0 Å². The predicted molar refractivity (Wildman–Crippen MR) is 72.3 cm³/mol. The SMILES string of the molecule is CCOC(=O)c1nc(-c2ccc(Cl)c(Cl)c2)oc1N. The Bertz CT molecular complexity index is 625. The van der Waals surface area contributed by atoms with E-state index in [0.717, 1.165) is 0 Å². The fraction of sp³-hybridized carbons (Fsp3) is 0.167. The van der Waals surface area contributed by atoms with Gasteiger partial charge in [0.05, 0.1) is 16.7 Å². The van der Waals surface area contributed by atoms with E-state index in [0.29, 0.717) is 15.6 Å². The van der Waals surface area contributed by atoms with Gasteiger partial charge in [0.2, 0.25) is 17.5 Å². The third-order valence-corrected chi connectivity index (χ3v) is 3.03. The molecule has 19 heavy (non-hydrogen) atoms. The molecule has 7 heteroatoms. The number of rotatable bonds is 3. The third kappa shape index (κ3) is 2.83. The highest BCUT2D eigenvalue weighted by Crippen LogP contribution is 2.30. The Morgan fingerprint density at radius 3 is 2.79 bits per heavy atom. The Morgan fingerprint density at radius 2 is 2.16 bits per heavy atom. The minimum atomic E-state index is -0.630. The summed E-state index contributed by atoms with van der Waals surface area (Å²) in [6, 6.07) is 4.84. The number of nitrogens with two attached hydrogens (primary N) is 1. The largest absolute Gasteiger partial charge is 0.461 e. The number of anilines is 1. The molecule has 100 valence electrons. The molecule has 0 fully saturated rings. The van der Waals surface area contributed by atoms with E-state index in [-0.39, 0.29) is 24.1 Å². The van der Waals surface area contributed by atoms with Gasteiger partial charge in [0.1, 0.15) is 0 Å². The van der Waals surface area contributed by atoms with Crippen LogP contribution < -0.4 is 5.73 Å². The number of benzene rings is 1. The molecule has 2 rings (SSSR count). The highest BCUT2D eigenvalue weighted by atomic mass is 35.5. The molecule has 0 unspecified atom stereocenters. The normalized spacial score (nSPS) is 10.5. The fourth-order valence-electron chi connectivity index (χ4n) is 1.43. The summed E-state index contributed by atoms with van der Waals surface area (Å²) >= 11 is 11.7. The van der Waals surface area contributed by atoms with Crippen molar-refractivity contribution >= 4 is 35.1 Å². The van der Waals surface area contributed by atoms with E-state index < -0.39 is 5.97 Å². The van der Waals surface area contributed by atoms with Crippen LogP contribution in [0.25, 0.3) is 11.5 Å². The standard InChI is InChI=1S/C12H10Cl2N2O3/c1-2-18-12(17)9-10(15)19-11(16-9)6-3-4-7(13)8(14)5-6/h3-5H,2,15H2,1H3. The number of carbonyl (C=O) groups is 1. The quantitative estimate of drug-likeness (QED) is 0.879. The molecule has 2 N–H and O–H groups in total. The maximum absolute atomic E-state index is 11.6. The van der Waals surface area contributed by atoms with Gasteiger partial charge in [-0.15, -0.1) is 0 Å². The first-order valence-electron chi connectivity index (χ1n) is 5.41. The first kappa shape index (κ1) is 13.7. The number of hydrogen-bond acceptors (Lipinski definition) is 5. The number of oxazole rings is 1. The molecule has 0 spiro atoms. The van der Waals surface area contributed by atoms with Crippen molar-refractivity contribution in [2.45, 2.75) is 6.92 Å². The van der Waals surface area contributed by atoms with Gasteiger partial charge < -0.3 is 14.9 Å². The van der Waals surface area contributed by atoms with Gasteiger partial charge in [-0.25, -0.2) is 4.79 Å². The number of aromatic nitrogens is 1. The maximum Gasteiger partial charge on any atom is 0.362 e. The van der Waals surface area contributed by atoms with Gasteiger partial charge in [0, 0.05) is 5.56 Å². The third-order valence-electron chi connectivity index (χ3n) is 2.29. The van der Waals surface area contributed by atoms with Crippen LogP contribution in [0, 0.1) is 0 Å². The van der Waals surface area contributed by atoms with E-state index in [9.17, 15) is 4.79 Å². The zero-order valence-electron chi connectivity index (χ0n) is 9.94. The molecule has 1 aromatic heterocycles. The predicted octanol–water partition coefficient (Wildman–Crippen LogP) is 3.41. The minimum Gasteiger partial charge on any atom is -0.461 e. The summed E-state index contributed by atoms with van der Waals surface area (Å²) in [6.07, 6.45) is 0. The lowest BCUT2D eigenvalue weighted by Gasteiger charge is -1.98.